The Morgan fingerprint density at radius 1 is 1.30 bits per heavy atom. The number of benzene rings is 1. The van der Waals surface area contributed by atoms with Crippen molar-refractivity contribution >= 4 is 27.8 Å². The predicted octanol–water partition coefficient (Wildman–Crippen LogP) is 1.49. The molecule has 20 heavy (non-hydrogen) atoms. The summed E-state index contributed by atoms with van der Waals surface area (Å²) in [6.45, 7) is 3.89. The molecule has 2 rings (SSSR count). The van der Waals surface area contributed by atoms with E-state index in [1.807, 2.05) is 19.9 Å². The number of carboxylic acids is 1. The third-order valence-electron chi connectivity index (χ3n) is 3.17. The molecule has 5 nitrogen and oxygen atoms in total. The van der Waals surface area contributed by atoms with Gasteiger partial charge < -0.3 is 5.11 Å². The highest BCUT2D eigenvalue weighted by atomic mass is 32.2. The van der Waals surface area contributed by atoms with Crippen molar-refractivity contribution in [3.63, 3.8) is 0 Å². The fourth-order valence-electron chi connectivity index (χ4n) is 2.29. The van der Waals surface area contributed by atoms with Crippen LogP contribution >= 0.6 is 11.8 Å². The molecule has 1 heterocycles. The molecule has 1 aromatic rings. The quantitative estimate of drug-likeness (QED) is 0.915. The number of carbonyl (C=O) groups is 1. The molecule has 0 spiro atoms. The van der Waals surface area contributed by atoms with Crippen LogP contribution in [0.1, 0.15) is 11.1 Å². The summed E-state index contributed by atoms with van der Waals surface area (Å²) in [5.74, 6) is -0.183. The van der Waals surface area contributed by atoms with Gasteiger partial charge in [0.15, 0.2) is 0 Å². The summed E-state index contributed by atoms with van der Waals surface area (Å²) in [4.78, 5) is 11.4. The summed E-state index contributed by atoms with van der Waals surface area (Å²) < 4.78 is 26.4. The second kappa shape index (κ2) is 5.75. The van der Waals surface area contributed by atoms with Gasteiger partial charge in [-0.15, -0.1) is 0 Å². The van der Waals surface area contributed by atoms with E-state index in [-0.39, 0.29) is 11.4 Å². The highest BCUT2D eigenvalue weighted by Crippen LogP contribution is 2.26. The zero-order valence-electron chi connectivity index (χ0n) is 11.4. The minimum absolute atomic E-state index is 0.174. The first-order valence-corrected chi connectivity index (χ1v) is 8.82. The average molecular weight is 315 g/mol. The molecule has 1 fully saturated rings. The van der Waals surface area contributed by atoms with E-state index in [1.54, 1.807) is 12.1 Å². The van der Waals surface area contributed by atoms with Gasteiger partial charge in [0.2, 0.25) is 10.0 Å². The van der Waals surface area contributed by atoms with Crippen molar-refractivity contribution in [1.82, 2.24) is 4.31 Å². The van der Waals surface area contributed by atoms with Crippen molar-refractivity contribution in [2.24, 2.45) is 0 Å². The summed E-state index contributed by atoms with van der Waals surface area (Å²) in [7, 11) is -3.76. The molecule has 0 amide bonds. The lowest BCUT2D eigenvalue weighted by molar-refractivity contribution is -0.140. The maximum atomic E-state index is 12.7. The summed E-state index contributed by atoms with van der Waals surface area (Å²) in [5, 5.41) is 9.21. The maximum absolute atomic E-state index is 12.7. The van der Waals surface area contributed by atoms with Gasteiger partial charge in [-0.1, -0.05) is 6.07 Å². The third-order valence-corrected chi connectivity index (χ3v) is 6.07. The lowest BCUT2D eigenvalue weighted by Crippen LogP contribution is -2.50. The van der Waals surface area contributed by atoms with E-state index in [4.69, 9.17) is 0 Å². The van der Waals surface area contributed by atoms with Crippen molar-refractivity contribution in [3.05, 3.63) is 29.3 Å². The SMILES string of the molecule is Cc1cc(C)cc(S(=O)(=O)N2CCSCC2C(=O)O)c1. The van der Waals surface area contributed by atoms with Gasteiger partial charge >= 0.3 is 5.97 Å². The number of aliphatic carboxylic acids is 1. The Balaban J connectivity index is 2.44. The smallest absolute Gasteiger partial charge is 0.322 e. The molecule has 1 aliphatic rings. The molecular weight excluding hydrogens is 298 g/mol. The minimum Gasteiger partial charge on any atom is -0.480 e. The topological polar surface area (TPSA) is 74.7 Å². The van der Waals surface area contributed by atoms with E-state index in [9.17, 15) is 18.3 Å². The van der Waals surface area contributed by atoms with E-state index in [2.05, 4.69) is 0 Å². The molecule has 1 aromatic carbocycles. The molecule has 0 saturated carbocycles. The van der Waals surface area contributed by atoms with Gasteiger partial charge in [-0.05, 0) is 37.1 Å². The predicted molar refractivity (Wildman–Crippen MR) is 78.6 cm³/mol. The van der Waals surface area contributed by atoms with E-state index in [0.29, 0.717) is 11.5 Å². The van der Waals surface area contributed by atoms with Crippen LogP contribution in [0, 0.1) is 13.8 Å². The van der Waals surface area contributed by atoms with Crippen LogP contribution in [0.25, 0.3) is 0 Å². The van der Waals surface area contributed by atoms with Crippen LogP contribution in [0.2, 0.25) is 0 Å². The largest absolute Gasteiger partial charge is 0.480 e. The highest BCUT2D eigenvalue weighted by molar-refractivity contribution is 7.99. The van der Waals surface area contributed by atoms with Gasteiger partial charge in [-0.2, -0.15) is 16.1 Å². The molecule has 7 heteroatoms. The zero-order chi connectivity index (χ0) is 14.9. The summed E-state index contributed by atoms with van der Waals surface area (Å²) in [5.41, 5.74) is 1.70. The molecule has 1 unspecified atom stereocenters. The van der Waals surface area contributed by atoms with Gasteiger partial charge in [-0.3, -0.25) is 4.79 Å². The van der Waals surface area contributed by atoms with E-state index in [0.717, 1.165) is 15.4 Å². The van der Waals surface area contributed by atoms with E-state index >= 15 is 0 Å². The van der Waals surface area contributed by atoms with Crippen LogP contribution in [0.3, 0.4) is 0 Å². The van der Waals surface area contributed by atoms with Crippen LogP contribution in [0.4, 0.5) is 0 Å². The number of aryl methyl sites for hydroxylation is 2. The second-order valence-electron chi connectivity index (χ2n) is 4.87. The van der Waals surface area contributed by atoms with Crippen molar-refractivity contribution in [1.29, 1.82) is 0 Å². The molecule has 0 bridgehead atoms. The first kappa shape index (κ1) is 15.3. The normalized spacial score (nSPS) is 20.8. The van der Waals surface area contributed by atoms with Gasteiger partial charge in [0.25, 0.3) is 0 Å². The first-order valence-electron chi connectivity index (χ1n) is 6.23. The number of carboxylic acid groups (broad SMARTS) is 1. The highest BCUT2D eigenvalue weighted by Gasteiger charge is 2.38. The standard InChI is InChI=1S/C13H17NO4S2/c1-9-5-10(2)7-11(6-9)20(17,18)14-3-4-19-8-12(14)13(15)16/h5-7,12H,3-4,8H2,1-2H3,(H,15,16). The Bertz CT molecular complexity index is 607. The number of rotatable bonds is 3. The molecule has 0 radical (unpaired) electrons. The molecule has 110 valence electrons. The number of thioether (sulfide) groups is 1. The van der Waals surface area contributed by atoms with Crippen LogP contribution in [0.5, 0.6) is 0 Å². The maximum Gasteiger partial charge on any atom is 0.322 e. The number of hydrogen-bond acceptors (Lipinski definition) is 4. The third kappa shape index (κ3) is 2.99. The lowest BCUT2D eigenvalue weighted by Gasteiger charge is -2.31. The summed E-state index contributed by atoms with van der Waals surface area (Å²) in [6, 6.07) is 4.07. The van der Waals surface area contributed by atoms with Gasteiger partial charge in [-0.25, -0.2) is 8.42 Å². The Hall–Kier alpha value is -1.05. The van der Waals surface area contributed by atoms with Crippen LogP contribution < -0.4 is 0 Å². The number of sulfonamides is 1. The van der Waals surface area contributed by atoms with E-state index < -0.39 is 22.0 Å². The van der Waals surface area contributed by atoms with Crippen molar-refractivity contribution in [2.45, 2.75) is 24.8 Å². The fraction of sp³-hybridized carbons (Fsp3) is 0.462. The molecular formula is C13H17NO4S2. The zero-order valence-corrected chi connectivity index (χ0v) is 13.0. The number of hydrogen-bond donors (Lipinski definition) is 1. The van der Waals surface area contributed by atoms with Crippen molar-refractivity contribution < 1.29 is 18.3 Å². The summed E-state index contributed by atoms with van der Waals surface area (Å²) >= 11 is 1.47. The first-order chi connectivity index (χ1) is 9.32. The second-order valence-corrected chi connectivity index (χ2v) is 7.91. The monoisotopic (exact) mass is 315 g/mol. The number of nitrogens with zero attached hydrogens (tertiary/aromatic N) is 1. The van der Waals surface area contributed by atoms with E-state index in [1.165, 1.54) is 11.8 Å². The summed E-state index contributed by atoms with van der Waals surface area (Å²) in [6.07, 6.45) is 0. The molecule has 1 atom stereocenters. The lowest BCUT2D eigenvalue weighted by atomic mass is 10.2. The van der Waals surface area contributed by atoms with Crippen molar-refractivity contribution in [2.75, 3.05) is 18.1 Å². The van der Waals surface area contributed by atoms with Crippen molar-refractivity contribution in [3.8, 4) is 0 Å². The van der Waals surface area contributed by atoms with Gasteiger partial charge in [0.1, 0.15) is 6.04 Å². The van der Waals surface area contributed by atoms with Gasteiger partial charge in [0.05, 0.1) is 4.90 Å². The van der Waals surface area contributed by atoms with Crippen LogP contribution in [0.15, 0.2) is 23.1 Å². The Morgan fingerprint density at radius 3 is 2.45 bits per heavy atom. The Kier molecular flexibility index (Phi) is 4.41. The Labute approximate surface area is 123 Å². The molecule has 1 N–H and O–H groups in total. The molecule has 1 saturated heterocycles. The minimum atomic E-state index is -3.76. The molecule has 1 aliphatic heterocycles. The van der Waals surface area contributed by atoms with Gasteiger partial charge in [0, 0.05) is 18.1 Å². The fourth-order valence-corrected chi connectivity index (χ4v) is 5.31. The average Bonchev–Trinajstić information content (AvgIpc) is 2.37. The van der Waals surface area contributed by atoms with Crippen LogP contribution in [-0.2, 0) is 14.8 Å². The van der Waals surface area contributed by atoms with Crippen LogP contribution in [-0.4, -0.2) is 47.9 Å². The molecule has 0 aromatic heterocycles. The Morgan fingerprint density at radius 2 is 1.90 bits per heavy atom. The molecule has 0 aliphatic carbocycles.